The fourth-order valence-corrected chi connectivity index (χ4v) is 4.12. The first-order valence-corrected chi connectivity index (χ1v) is 6.74. The Morgan fingerprint density at radius 2 is 1.80 bits per heavy atom. The molecule has 0 bridgehead atoms. The van der Waals surface area contributed by atoms with Crippen molar-refractivity contribution in [2.75, 3.05) is 0 Å². The van der Waals surface area contributed by atoms with Crippen molar-refractivity contribution in [1.29, 1.82) is 0 Å². The number of benzene rings is 1. The molecular formula is C14H16S. The maximum Gasteiger partial charge on any atom is 0.0378 e. The summed E-state index contributed by atoms with van der Waals surface area (Å²) in [6.45, 7) is 0. The summed E-state index contributed by atoms with van der Waals surface area (Å²) in [5, 5.41) is 0.717. The lowest BCUT2D eigenvalue weighted by molar-refractivity contribution is 0.676. The van der Waals surface area contributed by atoms with E-state index in [1.807, 2.05) is 0 Å². The highest BCUT2D eigenvalue weighted by Gasteiger charge is 2.27. The van der Waals surface area contributed by atoms with Crippen molar-refractivity contribution < 1.29 is 0 Å². The van der Waals surface area contributed by atoms with Crippen molar-refractivity contribution in [3.05, 3.63) is 46.4 Å². The zero-order chi connectivity index (χ0) is 10.1. The van der Waals surface area contributed by atoms with Gasteiger partial charge in [-0.15, -0.1) is 11.8 Å². The summed E-state index contributed by atoms with van der Waals surface area (Å²) in [7, 11) is 0. The number of hydrogen-bond acceptors (Lipinski definition) is 1. The Morgan fingerprint density at radius 1 is 1.00 bits per heavy atom. The minimum Gasteiger partial charge on any atom is -0.122 e. The van der Waals surface area contributed by atoms with E-state index in [1.165, 1.54) is 37.7 Å². The highest BCUT2D eigenvalue weighted by atomic mass is 32.2. The number of rotatable bonds is 1. The van der Waals surface area contributed by atoms with E-state index in [-0.39, 0.29) is 0 Å². The molecule has 0 nitrogen and oxygen atoms in total. The first-order valence-electron chi connectivity index (χ1n) is 5.86. The molecule has 0 saturated heterocycles. The molecule has 1 aromatic rings. The van der Waals surface area contributed by atoms with Gasteiger partial charge in [-0.25, -0.2) is 0 Å². The molecule has 1 aliphatic carbocycles. The van der Waals surface area contributed by atoms with Crippen LogP contribution in [0.1, 0.15) is 42.9 Å². The van der Waals surface area contributed by atoms with E-state index in [4.69, 9.17) is 0 Å². The van der Waals surface area contributed by atoms with E-state index in [1.54, 1.807) is 10.5 Å². The molecule has 0 radical (unpaired) electrons. The van der Waals surface area contributed by atoms with Gasteiger partial charge in [-0.1, -0.05) is 35.9 Å². The maximum absolute atomic E-state index is 2.27. The van der Waals surface area contributed by atoms with Crippen molar-refractivity contribution >= 4 is 11.8 Å². The summed E-state index contributed by atoms with van der Waals surface area (Å²) in [5.41, 5.74) is 3.28. The molecular weight excluding hydrogens is 200 g/mol. The van der Waals surface area contributed by atoms with E-state index < -0.39 is 0 Å². The molecule has 15 heavy (non-hydrogen) atoms. The quantitative estimate of drug-likeness (QED) is 0.656. The van der Waals surface area contributed by atoms with E-state index >= 15 is 0 Å². The Balaban J connectivity index is 1.79. The van der Waals surface area contributed by atoms with Crippen LogP contribution >= 0.6 is 11.8 Å². The summed E-state index contributed by atoms with van der Waals surface area (Å²) < 4.78 is 0. The van der Waals surface area contributed by atoms with Gasteiger partial charge in [0.15, 0.2) is 0 Å². The van der Waals surface area contributed by atoms with Crippen LogP contribution in [0.25, 0.3) is 0 Å². The zero-order valence-corrected chi connectivity index (χ0v) is 9.72. The van der Waals surface area contributed by atoms with Gasteiger partial charge in [0.2, 0.25) is 0 Å². The van der Waals surface area contributed by atoms with Crippen LogP contribution in [0.5, 0.6) is 0 Å². The molecule has 0 aromatic heterocycles. The highest BCUT2D eigenvalue weighted by molar-refractivity contribution is 8.03. The van der Waals surface area contributed by atoms with E-state index in [0.29, 0.717) is 5.25 Å². The summed E-state index contributed by atoms with van der Waals surface area (Å²) in [6.07, 6.45) is 6.85. The molecule has 1 atom stereocenters. The number of allylic oxidation sites excluding steroid dienone is 2. The molecule has 78 valence electrons. The van der Waals surface area contributed by atoms with Crippen LogP contribution in [0.15, 0.2) is 40.8 Å². The van der Waals surface area contributed by atoms with Crippen molar-refractivity contribution in [3.63, 3.8) is 0 Å². The van der Waals surface area contributed by atoms with Crippen molar-refractivity contribution in [2.45, 2.75) is 37.4 Å². The SMILES string of the molecule is c1ccc(C2CC3=C(CCCC3)S2)cc1. The molecule has 3 rings (SSSR count). The normalized spacial score (nSPS) is 25.5. The Kier molecular flexibility index (Phi) is 2.57. The largest absolute Gasteiger partial charge is 0.122 e. The van der Waals surface area contributed by atoms with Gasteiger partial charge in [-0.05, 0) is 42.6 Å². The molecule has 1 heterocycles. The summed E-state index contributed by atoms with van der Waals surface area (Å²) in [6, 6.07) is 11.0. The minimum atomic E-state index is 0.717. The molecule has 1 unspecified atom stereocenters. The first kappa shape index (κ1) is 9.53. The van der Waals surface area contributed by atoms with Gasteiger partial charge < -0.3 is 0 Å². The predicted molar refractivity (Wildman–Crippen MR) is 66.9 cm³/mol. The minimum absolute atomic E-state index is 0.717. The fraction of sp³-hybridized carbons (Fsp3) is 0.429. The van der Waals surface area contributed by atoms with Crippen LogP contribution in [0.3, 0.4) is 0 Å². The van der Waals surface area contributed by atoms with Gasteiger partial charge in [0, 0.05) is 5.25 Å². The van der Waals surface area contributed by atoms with Gasteiger partial charge in [-0.2, -0.15) is 0 Å². The van der Waals surface area contributed by atoms with Gasteiger partial charge in [0.05, 0.1) is 0 Å². The zero-order valence-electron chi connectivity index (χ0n) is 8.91. The summed E-state index contributed by atoms with van der Waals surface area (Å²) in [4.78, 5) is 1.72. The maximum atomic E-state index is 2.27. The second-order valence-corrected chi connectivity index (χ2v) is 5.75. The second kappa shape index (κ2) is 4.05. The predicted octanol–water partition coefficient (Wildman–Crippen LogP) is 4.69. The molecule has 0 fully saturated rings. The lowest BCUT2D eigenvalue weighted by atomic mass is 9.94. The lowest BCUT2D eigenvalue weighted by Gasteiger charge is -2.11. The fourth-order valence-electron chi connectivity index (χ4n) is 2.59. The van der Waals surface area contributed by atoms with E-state index in [0.717, 1.165) is 0 Å². The summed E-state index contributed by atoms with van der Waals surface area (Å²) in [5.74, 6) is 0. The third-order valence-corrected chi connectivity index (χ3v) is 4.92. The molecule has 1 aliphatic heterocycles. The van der Waals surface area contributed by atoms with Crippen LogP contribution in [0.2, 0.25) is 0 Å². The lowest BCUT2D eigenvalue weighted by Crippen LogP contribution is -1.92. The first-order chi connectivity index (χ1) is 7.43. The van der Waals surface area contributed by atoms with Crippen molar-refractivity contribution in [1.82, 2.24) is 0 Å². The van der Waals surface area contributed by atoms with Crippen LogP contribution in [-0.4, -0.2) is 0 Å². The highest BCUT2D eigenvalue weighted by Crippen LogP contribution is 2.52. The third kappa shape index (κ3) is 1.85. The Bertz CT molecular complexity index is 360. The number of thioether (sulfide) groups is 1. The average molecular weight is 216 g/mol. The third-order valence-electron chi connectivity index (χ3n) is 3.41. The molecule has 1 aromatic carbocycles. The van der Waals surface area contributed by atoms with Crippen molar-refractivity contribution in [2.24, 2.45) is 0 Å². The van der Waals surface area contributed by atoms with Gasteiger partial charge in [0.25, 0.3) is 0 Å². The van der Waals surface area contributed by atoms with Crippen LogP contribution in [-0.2, 0) is 0 Å². The Morgan fingerprint density at radius 3 is 2.60 bits per heavy atom. The topological polar surface area (TPSA) is 0 Å². The monoisotopic (exact) mass is 216 g/mol. The average Bonchev–Trinajstić information content (AvgIpc) is 2.74. The van der Waals surface area contributed by atoms with E-state index in [2.05, 4.69) is 42.1 Å². The van der Waals surface area contributed by atoms with E-state index in [9.17, 15) is 0 Å². The molecule has 1 heteroatoms. The standard InChI is InChI=1S/C14H16S/c1-2-6-11(7-3-1)14-10-12-8-4-5-9-13(12)15-14/h1-3,6-7,14H,4-5,8-10H2. The molecule has 2 aliphatic rings. The second-order valence-electron chi connectivity index (χ2n) is 4.46. The number of hydrogen-bond donors (Lipinski definition) is 0. The van der Waals surface area contributed by atoms with Gasteiger partial charge in [0.1, 0.15) is 0 Å². The molecule has 0 amide bonds. The van der Waals surface area contributed by atoms with Crippen LogP contribution in [0.4, 0.5) is 0 Å². The van der Waals surface area contributed by atoms with Crippen LogP contribution < -0.4 is 0 Å². The van der Waals surface area contributed by atoms with Gasteiger partial charge >= 0.3 is 0 Å². The van der Waals surface area contributed by atoms with Gasteiger partial charge in [-0.3, -0.25) is 0 Å². The molecule has 0 saturated carbocycles. The Labute approximate surface area is 95.8 Å². The molecule has 0 N–H and O–H groups in total. The Hall–Kier alpha value is -0.690. The smallest absolute Gasteiger partial charge is 0.0378 e. The van der Waals surface area contributed by atoms with Crippen molar-refractivity contribution in [3.8, 4) is 0 Å². The summed E-state index contributed by atoms with van der Waals surface area (Å²) >= 11 is 2.13. The van der Waals surface area contributed by atoms with Crippen LogP contribution in [0, 0.1) is 0 Å². The molecule has 0 spiro atoms.